The van der Waals surface area contributed by atoms with Crippen molar-refractivity contribution in [2.75, 3.05) is 44.1 Å². The van der Waals surface area contributed by atoms with Crippen molar-refractivity contribution >= 4 is 36.7 Å². The van der Waals surface area contributed by atoms with Crippen LogP contribution >= 0.6 is 0 Å². The van der Waals surface area contributed by atoms with Gasteiger partial charge in [-0.25, -0.2) is 21.1 Å². The molecule has 1 aromatic heterocycles. The van der Waals surface area contributed by atoms with Crippen LogP contribution in [0.5, 0.6) is 0 Å². The highest BCUT2D eigenvalue weighted by molar-refractivity contribution is 7.90. The van der Waals surface area contributed by atoms with Crippen LogP contribution in [0.25, 0.3) is 22.0 Å². The molecule has 2 aromatic carbocycles. The fraction of sp³-hybridized carbons (Fsp3) is 0.423. The molecule has 0 spiro atoms. The summed E-state index contributed by atoms with van der Waals surface area (Å²) in [6.45, 7) is 0.746. The fourth-order valence-corrected chi connectivity index (χ4v) is 6.62. The van der Waals surface area contributed by atoms with Crippen molar-refractivity contribution in [1.82, 2.24) is 9.29 Å². The first kappa shape index (κ1) is 27.3. The Bertz CT molecular complexity index is 1460. The van der Waals surface area contributed by atoms with Crippen molar-refractivity contribution < 1.29 is 26.4 Å². The van der Waals surface area contributed by atoms with E-state index in [0.29, 0.717) is 25.9 Å². The number of hydrogen-bond donors (Lipinski definition) is 2. The lowest BCUT2D eigenvalue weighted by Crippen LogP contribution is -2.40. The minimum atomic E-state index is -3.50. The molecule has 1 aliphatic rings. The van der Waals surface area contributed by atoms with Crippen molar-refractivity contribution in [3.8, 4) is 11.1 Å². The van der Waals surface area contributed by atoms with E-state index in [1.807, 2.05) is 42.6 Å². The van der Waals surface area contributed by atoms with Crippen LogP contribution in [0.2, 0.25) is 0 Å². The maximum absolute atomic E-state index is 12.8. The predicted molar refractivity (Wildman–Crippen MR) is 144 cm³/mol. The summed E-state index contributed by atoms with van der Waals surface area (Å²) in [5, 5.41) is 1.03. The number of aromatic amines is 1. The average Bonchev–Trinajstić information content (AvgIpc) is 3.28. The number of H-pyrrole nitrogens is 1. The number of carbonyl (C=O) groups is 1. The van der Waals surface area contributed by atoms with E-state index in [9.17, 15) is 21.6 Å². The summed E-state index contributed by atoms with van der Waals surface area (Å²) in [6, 6.07) is 14.1. The van der Waals surface area contributed by atoms with Gasteiger partial charge in [0.15, 0.2) is 0 Å². The van der Waals surface area contributed by atoms with Gasteiger partial charge in [0, 0.05) is 36.4 Å². The zero-order valence-electron chi connectivity index (χ0n) is 20.9. The van der Waals surface area contributed by atoms with Crippen LogP contribution in [0.3, 0.4) is 0 Å². The van der Waals surface area contributed by atoms with E-state index in [-0.39, 0.29) is 37.1 Å². The Labute approximate surface area is 218 Å². The van der Waals surface area contributed by atoms with Crippen molar-refractivity contribution in [2.45, 2.75) is 25.2 Å². The Balaban J connectivity index is 1.47. The maximum atomic E-state index is 12.8. The number of hydrogen-bond acceptors (Lipinski definition) is 6. The van der Waals surface area contributed by atoms with Gasteiger partial charge in [-0.05, 0) is 53.1 Å². The first-order valence-corrected chi connectivity index (χ1v) is 15.9. The number of nitrogens with two attached hydrogens (primary N) is 1. The van der Waals surface area contributed by atoms with Crippen molar-refractivity contribution in [3.05, 3.63) is 59.8 Å². The molecular weight excluding hydrogens is 514 g/mol. The van der Waals surface area contributed by atoms with E-state index < -0.39 is 25.8 Å². The summed E-state index contributed by atoms with van der Waals surface area (Å²) in [5.41, 5.74) is 10.4. The fourth-order valence-electron chi connectivity index (χ4n) is 4.84. The second kappa shape index (κ2) is 11.3. The number of fused-ring (bicyclic) bond motifs is 1. The number of nitrogens with zero attached hydrogens (tertiary/aromatic N) is 1. The number of piperidine rings is 1. The largest absolute Gasteiger partial charge is 0.379 e. The Kier molecular flexibility index (Phi) is 8.37. The standard InChI is InChI=1S/C26H33N3O6S2/c1-36(31,32)13-11-35-12-14-37(33,34)29-9-7-20(8-10-29)24-18-28-26-22(17-25(27)30)15-21(16-23(24)26)19-5-3-2-4-6-19/h2-6,15-16,18,20,28H,7-14,17H2,1H3,(H2,27,30). The Hall–Kier alpha value is -2.73. The number of nitrogens with one attached hydrogen (secondary N) is 1. The Morgan fingerprint density at radius 1 is 1.03 bits per heavy atom. The summed E-state index contributed by atoms with van der Waals surface area (Å²) in [6.07, 6.45) is 4.55. The van der Waals surface area contributed by atoms with Gasteiger partial charge < -0.3 is 15.5 Å². The van der Waals surface area contributed by atoms with E-state index in [0.717, 1.165) is 39.4 Å². The van der Waals surface area contributed by atoms with E-state index in [4.69, 9.17) is 10.5 Å². The summed E-state index contributed by atoms with van der Waals surface area (Å²) in [5.74, 6) is -0.540. The Morgan fingerprint density at radius 2 is 1.70 bits per heavy atom. The van der Waals surface area contributed by atoms with Gasteiger partial charge in [0.25, 0.3) is 0 Å². The molecule has 0 aliphatic carbocycles. The highest BCUT2D eigenvalue weighted by Gasteiger charge is 2.30. The first-order chi connectivity index (χ1) is 17.5. The average molecular weight is 548 g/mol. The normalized spacial score (nSPS) is 15.8. The second-order valence-electron chi connectivity index (χ2n) is 9.54. The number of benzene rings is 2. The third kappa shape index (κ3) is 6.98. The van der Waals surface area contributed by atoms with Crippen LogP contribution < -0.4 is 5.73 Å². The zero-order chi connectivity index (χ0) is 26.6. The van der Waals surface area contributed by atoms with Gasteiger partial charge in [-0.2, -0.15) is 0 Å². The van der Waals surface area contributed by atoms with Gasteiger partial charge in [-0.15, -0.1) is 0 Å². The van der Waals surface area contributed by atoms with Gasteiger partial charge in [0.2, 0.25) is 15.9 Å². The van der Waals surface area contributed by atoms with Crippen LogP contribution in [0, 0.1) is 0 Å². The third-order valence-electron chi connectivity index (χ3n) is 6.75. The molecule has 1 aliphatic heterocycles. The summed E-state index contributed by atoms with van der Waals surface area (Å²) in [4.78, 5) is 15.1. The van der Waals surface area contributed by atoms with Crippen LogP contribution in [0.4, 0.5) is 0 Å². The lowest BCUT2D eigenvalue weighted by atomic mass is 9.88. The molecule has 200 valence electrons. The quantitative estimate of drug-likeness (QED) is 0.354. The molecule has 0 saturated carbocycles. The van der Waals surface area contributed by atoms with Crippen LogP contribution in [0.1, 0.15) is 29.9 Å². The van der Waals surface area contributed by atoms with E-state index >= 15 is 0 Å². The smallest absolute Gasteiger partial charge is 0.221 e. The molecular formula is C26H33N3O6S2. The van der Waals surface area contributed by atoms with Crippen LogP contribution in [0.15, 0.2) is 48.7 Å². The van der Waals surface area contributed by atoms with Crippen LogP contribution in [-0.2, 0) is 35.8 Å². The lowest BCUT2D eigenvalue weighted by Gasteiger charge is -2.31. The number of rotatable bonds is 11. The van der Waals surface area contributed by atoms with E-state index in [1.54, 1.807) is 0 Å². The van der Waals surface area contributed by atoms with Gasteiger partial charge in [0.1, 0.15) is 9.84 Å². The minimum Gasteiger partial charge on any atom is -0.379 e. The number of amides is 1. The molecule has 3 aromatic rings. The highest BCUT2D eigenvalue weighted by Crippen LogP contribution is 2.37. The van der Waals surface area contributed by atoms with Gasteiger partial charge in [-0.1, -0.05) is 30.3 Å². The molecule has 3 N–H and O–H groups in total. The number of sulfone groups is 1. The van der Waals surface area contributed by atoms with Crippen molar-refractivity contribution in [1.29, 1.82) is 0 Å². The Morgan fingerprint density at radius 3 is 2.35 bits per heavy atom. The van der Waals surface area contributed by atoms with Gasteiger partial charge >= 0.3 is 0 Å². The predicted octanol–water partition coefficient (Wildman–Crippen LogP) is 2.43. The molecule has 37 heavy (non-hydrogen) atoms. The number of primary amides is 1. The summed E-state index contributed by atoms with van der Waals surface area (Å²) >= 11 is 0. The number of carbonyl (C=O) groups excluding carboxylic acids is 1. The SMILES string of the molecule is CS(=O)(=O)CCOCCS(=O)(=O)N1CCC(c2c[nH]c3c(CC(N)=O)cc(-c4ccccc4)cc23)CC1. The first-order valence-electron chi connectivity index (χ1n) is 12.2. The lowest BCUT2D eigenvalue weighted by molar-refractivity contribution is -0.117. The molecule has 11 heteroatoms. The maximum Gasteiger partial charge on any atom is 0.221 e. The van der Waals surface area contributed by atoms with E-state index in [1.165, 1.54) is 4.31 Å². The molecule has 0 unspecified atom stereocenters. The van der Waals surface area contributed by atoms with Crippen LogP contribution in [-0.4, -0.2) is 76.1 Å². The van der Waals surface area contributed by atoms with Crippen molar-refractivity contribution in [2.24, 2.45) is 5.73 Å². The highest BCUT2D eigenvalue weighted by atomic mass is 32.2. The van der Waals surface area contributed by atoms with Crippen molar-refractivity contribution in [3.63, 3.8) is 0 Å². The molecule has 0 atom stereocenters. The minimum absolute atomic E-state index is 0.0142. The topological polar surface area (TPSA) is 140 Å². The molecule has 1 fully saturated rings. The molecule has 0 bridgehead atoms. The zero-order valence-corrected chi connectivity index (χ0v) is 22.5. The number of ether oxygens (including phenoxy) is 1. The number of aromatic nitrogens is 1. The molecule has 9 nitrogen and oxygen atoms in total. The van der Waals surface area contributed by atoms with Gasteiger partial charge in [0.05, 0.1) is 31.1 Å². The summed E-state index contributed by atoms with van der Waals surface area (Å²) < 4.78 is 54.6. The second-order valence-corrected chi connectivity index (χ2v) is 13.9. The molecule has 1 amide bonds. The molecule has 4 rings (SSSR count). The van der Waals surface area contributed by atoms with Gasteiger partial charge in [-0.3, -0.25) is 4.79 Å². The third-order valence-corrected chi connectivity index (χ3v) is 9.49. The van der Waals surface area contributed by atoms with E-state index in [2.05, 4.69) is 11.1 Å². The molecule has 2 heterocycles. The molecule has 1 saturated heterocycles. The molecule has 0 radical (unpaired) electrons. The monoisotopic (exact) mass is 547 g/mol. The summed E-state index contributed by atoms with van der Waals surface area (Å²) in [7, 11) is -6.64. The number of sulfonamides is 1.